The Bertz CT molecular complexity index is 602. The van der Waals surface area contributed by atoms with Crippen LogP contribution in [0.25, 0.3) is 0 Å². The summed E-state index contributed by atoms with van der Waals surface area (Å²) in [5, 5.41) is 8.25. The van der Waals surface area contributed by atoms with E-state index >= 15 is 0 Å². The Labute approximate surface area is 110 Å². The van der Waals surface area contributed by atoms with Gasteiger partial charge in [-0.1, -0.05) is 0 Å². The van der Waals surface area contributed by atoms with Crippen molar-refractivity contribution in [2.45, 2.75) is 19.5 Å². The predicted octanol–water partition coefficient (Wildman–Crippen LogP) is -0.249. The first-order valence-corrected chi connectivity index (χ1v) is 5.98. The Morgan fingerprint density at radius 2 is 2.32 bits per heavy atom. The lowest BCUT2D eigenvalue weighted by molar-refractivity contribution is 0.293. The number of hydrogen-bond acceptors (Lipinski definition) is 5. The van der Waals surface area contributed by atoms with Crippen LogP contribution in [-0.2, 0) is 13.6 Å². The van der Waals surface area contributed by atoms with Crippen LogP contribution in [0.3, 0.4) is 0 Å². The van der Waals surface area contributed by atoms with Gasteiger partial charge in [-0.2, -0.15) is 10.2 Å². The van der Waals surface area contributed by atoms with Crippen LogP contribution in [0.5, 0.6) is 5.75 Å². The van der Waals surface area contributed by atoms with Crippen LogP contribution in [0.15, 0.2) is 29.3 Å². The van der Waals surface area contributed by atoms with Crippen LogP contribution < -0.4 is 16.0 Å². The van der Waals surface area contributed by atoms with Gasteiger partial charge in [0.1, 0.15) is 12.4 Å². The average molecular weight is 263 g/mol. The normalized spacial score (nSPS) is 12.4. The lowest BCUT2D eigenvalue weighted by Gasteiger charge is -2.08. The molecule has 0 aromatic carbocycles. The fraction of sp³-hybridized carbons (Fsp3) is 0.417. The van der Waals surface area contributed by atoms with Crippen LogP contribution in [-0.4, -0.2) is 32.2 Å². The minimum absolute atomic E-state index is 0.0871. The molecule has 0 radical (unpaired) electrons. The van der Waals surface area contributed by atoms with Gasteiger partial charge >= 0.3 is 0 Å². The molecule has 0 aliphatic carbocycles. The quantitative estimate of drug-likeness (QED) is 0.803. The second-order valence-electron chi connectivity index (χ2n) is 4.46. The molecular formula is C12H17N5O2. The number of nitrogens with zero attached hydrogens (tertiary/aromatic N) is 4. The number of ether oxygens (including phenoxy) is 1. The summed E-state index contributed by atoms with van der Waals surface area (Å²) in [6.45, 7) is 2.52. The first kappa shape index (κ1) is 13.3. The number of rotatable bonds is 5. The molecule has 19 heavy (non-hydrogen) atoms. The molecule has 0 spiro atoms. The summed E-state index contributed by atoms with van der Waals surface area (Å²) in [5.74, 6) is 0.430. The van der Waals surface area contributed by atoms with E-state index in [4.69, 9.17) is 10.5 Å². The number of aryl methyl sites for hydroxylation is 1. The van der Waals surface area contributed by atoms with Gasteiger partial charge in [0, 0.05) is 25.4 Å². The minimum Gasteiger partial charge on any atom is -0.490 e. The first-order valence-electron chi connectivity index (χ1n) is 5.98. The van der Waals surface area contributed by atoms with E-state index in [0.29, 0.717) is 18.9 Å². The topological polar surface area (TPSA) is 88.0 Å². The van der Waals surface area contributed by atoms with Crippen molar-refractivity contribution in [3.8, 4) is 5.75 Å². The summed E-state index contributed by atoms with van der Waals surface area (Å²) >= 11 is 0. The highest BCUT2D eigenvalue weighted by Crippen LogP contribution is 2.04. The van der Waals surface area contributed by atoms with E-state index in [1.165, 1.54) is 16.9 Å². The van der Waals surface area contributed by atoms with Crippen molar-refractivity contribution in [1.29, 1.82) is 0 Å². The van der Waals surface area contributed by atoms with E-state index in [1.54, 1.807) is 4.68 Å². The largest absolute Gasteiger partial charge is 0.490 e. The number of aromatic nitrogens is 4. The molecule has 0 saturated carbocycles. The summed E-state index contributed by atoms with van der Waals surface area (Å²) in [7, 11) is 1.82. The average Bonchev–Trinajstić information content (AvgIpc) is 2.75. The maximum atomic E-state index is 11.9. The van der Waals surface area contributed by atoms with E-state index in [-0.39, 0.29) is 11.6 Å². The number of hydrogen-bond donors (Lipinski definition) is 1. The highest BCUT2D eigenvalue weighted by molar-refractivity contribution is 5.14. The predicted molar refractivity (Wildman–Crippen MR) is 70.0 cm³/mol. The van der Waals surface area contributed by atoms with Crippen LogP contribution in [0.2, 0.25) is 0 Å². The molecule has 0 aliphatic heterocycles. The standard InChI is InChI=1S/C12H17N5O2/c1-9(13)8-19-11-5-12(18)17(14-6-11)7-10-3-4-16(2)15-10/h3-6,9H,7-8,13H2,1-2H3. The van der Waals surface area contributed by atoms with Crippen molar-refractivity contribution in [3.05, 3.63) is 40.6 Å². The molecule has 2 N–H and O–H groups in total. The molecule has 7 heteroatoms. The van der Waals surface area contributed by atoms with Crippen LogP contribution in [0, 0.1) is 0 Å². The van der Waals surface area contributed by atoms with Gasteiger partial charge in [-0.3, -0.25) is 9.48 Å². The molecule has 2 aromatic rings. The molecule has 0 aliphatic rings. The van der Waals surface area contributed by atoms with Crippen molar-refractivity contribution in [3.63, 3.8) is 0 Å². The lowest BCUT2D eigenvalue weighted by Crippen LogP contribution is -2.26. The third-order valence-electron chi connectivity index (χ3n) is 2.44. The lowest BCUT2D eigenvalue weighted by atomic mass is 10.4. The summed E-state index contributed by atoms with van der Waals surface area (Å²) in [6.07, 6.45) is 3.33. The van der Waals surface area contributed by atoms with Gasteiger partial charge in [-0.25, -0.2) is 4.68 Å². The van der Waals surface area contributed by atoms with Crippen molar-refractivity contribution in [1.82, 2.24) is 19.6 Å². The SMILES string of the molecule is CC(N)COc1cnn(Cc2ccn(C)n2)c(=O)c1. The van der Waals surface area contributed by atoms with Crippen molar-refractivity contribution in [2.75, 3.05) is 6.61 Å². The molecule has 1 atom stereocenters. The van der Waals surface area contributed by atoms with Gasteiger partial charge in [0.05, 0.1) is 18.4 Å². The summed E-state index contributed by atoms with van der Waals surface area (Å²) in [5.41, 5.74) is 6.12. The third-order valence-corrected chi connectivity index (χ3v) is 2.44. The molecular weight excluding hydrogens is 246 g/mol. The van der Waals surface area contributed by atoms with E-state index in [1.807, 2.05) is 26.2 Å². The molecule has 0 saturated heterocycles. The summed E-state index contributed by atoms with van der Waals surface area (Å²) in [6, 6.07) is 3.16. The molecule has 102 valence electrons. The zero-order chi connectivity index (χ0) is 13.8. The molecule has 2 aromatic heterocycles. The molecule has 0 amide bonds. The minimum atomic E-state index is -0.229. The second-order valence-corrected chi connectivity index (χ2v) is 4.46. The maximum absolute atomic E-state index is 11.9. The summed E-state index contributed by atoms with van der Waals surface area (Å²) in [4.78, 5) is 11.9. The van der Waals surface area contributed by atoms with Gasteiger partial charge in [-0.05, 0) is 13.0 Å². The fourth-order valence-electron chi connectivity index (χ4n) is 1.54. The summed E-state index contributed by atoms with van der Waals surface area (Å²) < 4.78 is 8.35. The number of nitrogens with two attached hydrogens (primary N) is 1. The van der Waals surface area contributed by atoms with Crippen LogP contribution >= 0.6 is 0 Å². The van der Waals surface area contributed by atoms with E-state index in [9.17, 15) is 4.79 Å². The van der Waals surface area contributed by atoms with E-state index in [2.05, 4.69) is 10.2 Å². The second kappa shape index (κ2) is 5.66. The monoisotopic (exact) mass is 263 g/mol. The highest BCUT2D eigenvalue weighted by Gasteiger charge is 2.05. The maximum Gasteiger partial charge on any atom is 0.270 e. The van der Waals surface area contributed by atoms with E-state index in [0.717, 1.165) is 5.69 Å². The smallest absolute Gasteiger partial charge is 0.270 e. The Morgan fingerprint density at radius 3 is 2.89 bits per heavy atom. The first-order chi connectivity index (χ1) is 9.04. The molecule has 0 fully saturated rings. The van der Waals surface area contributed by atoms with Crippen molar-refractivity contribution in [2.24, 2.45) is 12.8 Å². The van der Waals surface area contributed by atoms with Crippen molar-refractivity contribution >= 4 is 0 Å². The van der Waals surface area contributed by atoms with Gasteiger partial charge < -0.3 is 10.5 Å². The van der Waals surface area contributed by atoms with Gasteiger partial charge in [0.2, 0.25) is 0 Å². The fourth-order valence-corrected chi connectivity index (χ4v) is 1.54. The van der Waals surface area contributed by atoms with Crippen LogP contribution in [0.4, 0.5) is 0 Å². The van der Waals surface area contributed by atoms with Gasteiger partial charge in [-0.15, -0.1) is 0 Å². The van der Waals surface area contributed by atoms with Gasteiger partial charge in [0.15, 0.2) is 0 Å². The Morgan fingerprint density at radius 1 is 1.53 bits per heavy atom. The molecule has 1 unspecified atom stereocenters. The highest BCUT2D eigenvalue weighted by atomic mass is 16.5. The Kier molecular flexibility index (Phi) is 3.96. The molecule has 2 heterocycles. The molecule has 7 nitrogen and oxygen atoms in total. The zero-order valence-electron chi connectivity index (χ0n) is 11.0. The molecule has 0 bridgehead atoms. The zero-order valence-corrected chi connectivity index (χ0v) is 11.0. The van der Waals surface area contributed by atoms with Crippen LogP contribution in [0.1, 0.15) is 12.6 Å². The molecule has 2 rings (SSSR count). The van der Waals surface area contributed by atoms with Crippen molar-refractivity contribution < 1.29 is 4.74 Å². The Balaban J connectivity index is 2.09. The van der Waals surface area contributed by atoms with Gasteiger partial charge in [0.25, 0.3) is 5.56 Å². The van der Waals surface area contributed by atoms with E-state index < -0.39 is 0 Å². The Hall–Kier alpha value is -2.15. The third kappa shape index (κ3) is 3.65.